The van der Waals surface area contributed by atoms with Crippen molar-refractivity contribution in [1.29, 1.82) is 0 Å². The van der Waals surface area contributed by atoms with Gasteiger partial charge in [-0.25, -0.2) is 0 Å². The molecule has 0 atom stereocenters. The van der Waals surface area contributed by atoms with Crippen LogP contribution in [0.3, 0.4) is 0 Å². The van der Waals surface area contributed by atoms with Crippen molar-refractivity contribution in [1.82, 2.24) is 15.1 Å². The van der Waals surface area contributed by atoms with Gasteiger partial charge in [-0.05, 0) is 17.7 Å². The average Bonchev–Trinajstić information content (AvgIpc) is 2.53. The third-order valence-electron chi connectivity index (χ3n) is 3.51. The minimum Gasteiger partial charge on any atom is -0.347 e. The zero-order valence-electron chi connectivity index (χ0n) is 15.4. The highest BCUT2D eigenvalue weighted by Gasteiger charge is 2.31. The van der Waals surface area contributed by atoms with E-state index in [0.29, 0.717) is 10.5 Å². The van der Waals surface area contributed by atoms with Crippen LogP contribution in [0, 0.1) is 0 Å². The summed E-state index contributed by atoms with van der Waals surface area (Å²) >= 11 is 0. The lowest BCUT2D eigenvalue weighted by Gasteiger charge is -2.24. The number of aliphatic imine (C=N–C) groups is 1. The van der Waals surface area contributed by atoms with E-state index in [-0.39, 0.29) is 36.5 Å². The highest BCUT2D eigenvalue weighted by molar-refractivity contribution is 14.0. The number of hydrogen-bond acceptors (Lipinski definition) is 2. The number of rotatable bonds is 5. The maximum absolute atomic E-state index is 12.6. The van der Waals surface area contributed by atoms with E-state index in [1.54, 1.807) is 7.05 Å². The second-order valence-electron chi connectivity index (χ2n) is 5.82. The highest BCUT2D eigenvalue weighted by Crippen LogP contribution is 2.29. The summed E-state index contributed by atoms with van der Waals surface area (Å²) in [5.74, 6) is -0.569. The molecule has 0 radical (unpaired) electrons. The van der Waals surface area contributed by atoms with Crippen LogP contribution >= 0.6 is 24.0 Å². The standard InChI is InChI=1S/C16H20F6N4O.HI/c1-23-14(24-8-13(27)26(3)10-15(17,18)19)25(2)9-11-4-6-12(7-5-11)16(20,21)22;/h4-7H,8-10H2,1-3H3,(H,23,24);1H. The molecule has 1 amide bonds. The second-order valence-corrected chi connectivity index (χ2v) is 5.82. The molecule has 0 aliphatic heterocycles. The van der Waals surface area contributed by atoms with Crippen molar-refractivity contribution in [2.24, 2.45) is 4.99 Å². The molecule has 0 saturated carbocycles. The van der Waals surface area contributed by atoms with E-state index in [1.165, 1.54) is 24.1 Å². The van der Waals surface area contributed by atoms with E-state index >= 15 is 0 Å². The Labute approximate surface area is 175 Å². The van der Waals surface area contributed by atoms with Gasteiger partial charge in [0.1, 0.15) is 6.54 Å². The number of likely N-dealkylation sites (N-methyl/N-ethyl adjacent to an activating group) is 1. The van der Waals surface area contributed by atoms with Crippen LogP contribution in [0.2, 0.25) is 0 Å². The Morgan fingerprint density at radius 2 is 1.57 bits per heavy atom. The van der Waals surface area contributed by atoms with Gasteiger partial charge in [0, 0.05) is 27.7 Å². The molecule has 1 rings (SSSR count). The molecule has 1 aromatic rings. The van der Waals surface area contributed by atoms with E-state index in [0.717, 1.165) is 19.2 Å². The number of halogens is 7. The van der Waals surface area contributed by atoms with Crippen molar-refractivity contribution in [2.75, 3.05) is 34.2 Å². The number of carbonyl (C=O) groups is 1. The molecule has 160 valence electrons. The smallest absolute Gasteiger partial charge is 0.347 e. The molecular formula is C16H21F6IN4O. The molecule has 0 fully saturated rings. The number of nitrogens with zero attached hydrogens (tertiary/aromatic N) is 3. The summed E-state index contributed by atoms with van der Waals surface area (Å²) in [6.07, 6.45) is -8.92. The summed E-state index contributed by atoms with van der Waals surface area (Å²) in [5.41, 5.74) is -0.205. The van der Waals surface area contributed by atoms with Crippen molar-refractivity contribution >= 4 is 35.8 Å². The monoisotopic (exact) mass is 526 g/mol. The first-order valence-electron chi connectivity index (χ1n) is 7.72. The Bertz CT molecular complexity index is 661. The number of nitrogens with one attached hydrogen (secondary N) is 1. The molecule has 0 aliphatic rings. The highest BCUT2D eigenvalue weighted by atomic mass is 127. The van der Waals surface area contributed by atoms with Gasteiger partial charge >= 0.3 is 12.4 Å². The topological polar surface area (TPSA) is 47.9 Å². The molecule has 1 aromatic carbocycles. The number of alkyl halides is 6. The van der Waals surface area contributed by atoms with Crippen LogP contribution in [-0.2, 0) is 17.5 Å². The molecule has 0 aromatic heterocycles. The first-order valence-corrected chi connectivity index (χ1v) is 7.72. The van der Waals surface area contributed by atoms with Crippen molar-refractivity contribution in [2.45, 2.75) is 18.9 Å². The molecule has 0 saturated heterocycles. The molecule has 12 heteroatoms. The molecule has 1 N–H and O–H groups in total. The number of benzene rings is 1. The summed E-state index contributed by atoms with van der Waals surface area (Å²) in [5, 5.41) is 2.63. The van der Waals surface area contributed by atoms with Gasteiger partial charge in [0.25, 0.3) is 0 Å². The van der Waals surface area contributed by atoms with E-state index in [9.17, 15) is 31.1 Å². The van der Waals surface area contributed by atoms with Gasteiger partial charge in [0.2, 0.25) is 5.91 Å². The van der Waals surface area contributed by atoms with Crippen LogP contribution in [0.15, 0.2) is 29.3 Å². The predicted octanol–water partition coefficient (Wildman–Crippen LogP) is 3.35. The van der Waals surface area contributed by atoms with E-state index in [4.69, 9.17) is 0 Å². The maximum Gasteiger partial charge on any atom is 0.416 e. The molecule has 0 heterocycles. The first-order chi connectivity index (χ1) is 12.3. The van der Waals surface area contributed by atoms with E-state index in [2.05, 4.69) is 10.3 Å². The summed E-state index contributed by atoms with van der Waals surface area (Å²) in [6.45, 7) is -1.59. The van der Waals surface area contributed by atoms with Gasteiger partial charge in [-0.1, -0.05) is 12.1 Å². The predicted molar refractivity (Wildman–Crippen MR) is 103 cm³/mol. The Morgan fingerprint density at radius 1 is 1.04 bits per heavy atom. The third-order valence-corrected chi connectivity index (χ3v) is 3.51. The SMILES string of the molecule is CN=C(NCC(=O)N(C)CC(F)(F)F)N(C)Cc1ccc(C(F)(F)F)cc1.I. The van der Waals surface area contributed by atoms with Crippen LogP contribution in [0.1, 0.15) is 11.1 Å². The van der Waals surface area contributed by atoms with Crippen molar-refractivity contribution in [3.63, 3.8) is 0 Å². The molecule has 5 nitrogen and oxygen atoms in total. The number of guanidine groups is 1. The number of carbonyl (C=O) groups excluding carboxylic acids is 1. The summed E-state index contributed by atoms with van der Waals surface area (Å²) in [4.78, 5) is 17.7. The molecule has 0 unspecified atom stereocenters. The first kappa shape index (κ1) is 26.3. The molecule has 28 heavy (non-hydrogen) atoms. The number of hydrogen-bond donors (Lipinski definition) is 1. The zero-order chi connectivity index (χ0) is 20.8. The Morgan fingerprint density at radius 3 is 2.00 bits per heavy atom. The van der Waals surface area contributed by atoms with Crippen molar-refractivity contribution in [3.8, 4) is 0 Å². The van der Waals surface area contributed by atoms with Crippen LogP contribution in [0.5, 0.6) is 0 Å². The number of amides is 1. The van der Waals surface area contributed by atoms with Crippen molar-refractivity contribution < 1.29 is 31.1 Å². The fraction of sp³-hybridized carbons (Fsp3) is 0.500. The minimum atomic E-state index is -4.49. The molecule has 0 bridgehead atoms. The second kappa shape index (κ2) is 10.7. The third kappa shape index (κ3) is 8.97. The van der Waals surface area contributed by atoms with Gasteiger partial charge in [-0.3, -0.25) is 9.79 Å². The summed E-state index contributed by atoms with van der Waals surface area (Å²) in [7, 11) is 4.03. The van der Waals surface area contributed by atoms with Gasteiger partial charge in [0.15, 0.2) is 5.96 Å². The zero-order valence-corrected chi connectivity index (χ0v) is 17.7. The lowest BCUT2D eigenvalue weighted by atomic mass is 10.1. The Kier molecular flexibility index (Phi) is 10.1. The van der Waals surface area contributed by atoms with E-state index in [1.807, 2.05) is 0 Å². The fourth-order valence-corrected chi connectivity index (χ4v) is 2.18. The van der Waals surface area contributed by atoms with Gasteiger partial charge < -0.3 is 15.1 Å². The Balaban J connectivity index is 0.00000729. The van der Waals surface area contributed by atoms with Crippen LogP contribution in [0.4, 0.5) is 26.3 Å². The fourth-order valence-electron chi connectivity index (χ4n) is 2.18. The summed E-state index contributed by atoms with van der Waals surface area (Å²) in [6, 6.07) is 4.54. The molecule has 0 spiro atoms. The van der Waals surface area contributed by atoms with Crippen LogP contribution in [-0.4, -0.2) is 62.1 Å². The van der Waals surface area contributed by atoms with Crippen molar-refractivity contribution in [3.05, 3.63) is 35.4 Å². The molecular weight excluding hydrogens is 505 g/mol. The average molecular weight is 526 g/mol. The molecule has 0 aliphatic carbocycles. The van der Waals surface area contributed by atoms with Gasteiger partial charge in [-0.2, -0.15) is 26.3 Å². The van der Waals surface area contributed by atoms with Gasteiger partial charge in [0.05, 0.1) is 12.1 Å². The normalized spacial score (nSPS) is 12.2. The van der Waals surface area contributed by atoms with Gasteiger partial charge in [-0.15, -0.1) is 24.0 Å². The largest absolute Gasteiger partial charge is 0.416 e. The van der Waals surface area contributed by atoms with Crippen LogP contribution < -0.4 is 5.32 Å². The minimum absolute atomic E-state index is 0. The lowest BCUT2D eigenvalue weighted by molar-refractivity contribution is -0.157. The lowest BCUT2D eigenvalue weighted by Crippen LogP contribution is -2.45. The Hall–Kier alpha value is -1.73. The summed E-state index contributed by atoms with van der Waals surface area (Å²) < 4.78 is 74.6. The quantitative estimate of drug-likeness (QED) is 0.277. The van der Waals surface area contributed by atoms with E-state index < -0.39 is 36.9 Å². The maximum atomic E-state index is 12.6. The van der Waals surface area contributed by atoms with Crippen LogP contribution in [0.25, 0.3) is 0 Å².